The molecule has 0 aliphatic heterocycles. The first-order chi connectivity index (χ1) is 14.7. The highest BCUT2D eigenvalue weighted by Gasteiger charge is 2.44. The first kappa shape index (κ1) is 26.7. The van der Waals surface area contributed by atoms with E-state index in [1.807, 2.05) is 0 Å². The fourth-order valence-corrected chi connectivity index (χ4v) is 9.41. The van der Waals surface area contributed by atoms with E-state index < -0.39 is 15.5 Å². The Labute approximate surface area is 200 Å². The van der Waals surface area contributed by atoms with Crippen molar-refractivity contribution in [2.45, 2.75) is 105 Å². The summed E-state index contributed by atoms with van der Waals surface area (Å²) in [5.41, 5.74) is 8.61. The van der Waals surface area contributed by atoms with Crippen LogP contribution in [-0.2, 0) is 0 Å². The minimum atomic E-state index is -1.85. The van der Waals surface area contributed by atoms with Crippen LogP contribution in [0.3, 0.4) is 0 Å². The molecule has 178 valence electrons. The maximum atomic E-state index is 4.21. The van der Waals surface area contributed by atoms with Crippen molar-refractivity contribution in [2.75, 3.05) is 9.96 Å². The van der Waals surface area contributed by atoms with Crippen molar-refractivity contribution in [1.82, 2.24) is 0 Å². The number of para-hydroxylation sites is 2. The summed E-state index contributed by atoms with van der Waals surface area (Å²) >= 11 is 0. The molecule has 2 aromatic carbocycles. The third-order valence-electron chi connectivity index (χ3n) is 7.18. The van der Waals surface area contributed by atoms with Crippen LogP contribution in [0, 0.1) is 0 Å². The molecule has 0 saturated heterocycles. The van der Waals surface area contributed by atoms with Crippen molar-refractivity contribution in [3.8, 4) is 0 Å². The number of hydrogen-bond donors (Lipinski definition) is 2. The third kappa shape index (κ3) is 5.69. The van der Waals surface area contributed by atoms with Crippen LogP contribution in [0.1, 0.15) is 101 Å². The lowest BCUT2D eigenvalue weighted by Gasteiger charge is -2.42. The van der Waals surface area contributed by atoms with Crippen molar-refractivity contribution in [3.63, 3.8) is 0 Å². The molecule has 32 heavy (non-hydrogen) atoms. The van der Waals surface area contributed by atoms with Gasteiger partial charge in [0.05, 0.1) is 0 Å². The lowest BCUT2D eigenvalue weighted by Crippen LogP contribution is -2.65. The van der Waals surface area contributed by atoms with Gasteiger partial charge in [-0.05, 0) is 45.9 Å². The van der Waals surface area contributed by atoms with Crippen LogP contribution in [0.2, 0.25) is 26.2 Å². The van der Waals surface area contributed by atoms with E-state index in [1.165, 1.54) is 33.6 Å². The summed E-state index contributed by atoms with van der Waals surface area (Å²) in [5, 5.41) is 0. The van der Waals surface area contributed by atoms with Gasteiger partial charge in [-0.25, -0.2) is 0 Å². The van der Waals surface area contributed by atoms with E-state index >= 15 is 0 Å². The Bertz CT molecular complexity index is 784. The van der Waals surface area contributed by atoms with Crippen LogP contribution in [0.25, 0.3) is 0 Å². The van der Waals surface area contributed by atoms with Gasteiger partial charge < -0.3 is 9.96 Å². The summed E-state index contributed by atoms with van der Waals surface area (Å²) in [7, 11) is -3.69. The maximum absolute atomic E-state index is 4.21. The molecule has 0 saturated carbocycles. The first-order valence-electron chi connectivity index (χ1n) is 12.5. The van der Waals surface area contributed by atoms with Crippen LogP contribution in [0.4, 0.5) is 11.4 Å². The van der Waals surface area contributed by atoms with Crippen LogP contribution >= 0.6 is 0 Å². The minimum absolute atomic E-state index is 0.507. The quantitative estimate of drug-likeness (QED) is 0.358. The Morgan fingerprint density at radius 1 is 0.469 bits per heavy atom. The molecule has 0 radical (unpaired) electrons. The Balaban J connectivity index is 2.53. The summed E-state index contributed by atoms with van der Waals surface area (Å²) < 4.78 is 0. The topological polar surface area (TPSA) is 24.1 Å². The predicted molar refractivity (Wildman–Crippen MR) is 151 cm³/mol. The highest BCUT2D eigenvalue weighted by Crippen LogP contribution is 2.38. The van der Waals surface area contributed by atoms with E-state index in [-0.39, 0.29) is 0 Å². The first-order valence-corrected chi connectivity index (χ1v) is 19.5. The van der Waals surface area contributed by atoms with E-state index in [1.54, 1.807) is 0 Å². The molecule has 4 heteroatoms. The molecular weight excluding hydrogens is 420 g/mol. The molecule has 0 aliphatic carbocycles. The smallest absolute Gasteiger partial charge is 0.159 e. The van der Waals surface area contributed by atoms with Crippen molar-refractivity contribution < 1.29 is 0 Å². The second-order valence-corrected chi connectivity index (χ2v) is 26.2. The van der Waals surface area contributed by atoms with E-state index in [0.29, 0.717) is 23.7 Å². The number of nitrogens with one attached hydrogen (secondary N) is 2. The number of hydrogen-bond acceptors (Lipinski definition) is 2. The standard InChI is InChI=1S/C28H48N2Si2/c1-19(2)23-15-13-16-24(20(3)4)27(23)29-31(9,10)32(11,12)30-28-25(21(5)6)17-14-18-26(28)22(7)8/h13-22,29-30H,1-12H3. The Morgan fingerprint density at radius 3 is 0.875 bits per heavy atom. The molecule has 0 aromatic heterocycles. The zero-order valence-corrected chi connectivity index (χ0v) is 24.8. The predicted octanol–water partition coefficient (Wildman–Crippen LogP) is 9.19. The van der Waals surface area contributed by atoms with E-state index in [9.17, 15) is 0 Å². The number of rotatable bonds is 9. The summed E-state index contributed by atoms with van der Waals surface area (Å²) in [6.45, 7) is 28.6. The molecule has 2 N–H and O–H groups in total. The molecule has 0 fully saturated rings. The SMILES string of the molecule is CC(C)c1cccc(C(C)C)c1N[Si](C)(C)[Si](C)(C)Nc1c(C(C)C)cccc1C(C)C. The van der Waals surface area contributed by atoms with E-state index in [0.717, 1.165) is 0 Å². The second kappa shape index (κ2) is 10.2. The van der Waals surface area contributed by atoms with Gasteiger partial charge in [-0.3, -0.25) is 0 Å². The molecule has 0 unspecified atom stereocenters. The monoisotopic (exact) mass is 468 g/mol. The van der Waals surface area contributed by atoms with Crippen molar-refractivity contribution >= 4 is 26.9 Å². The summed E-state index contributed by atoms with van der Waals surface area (Å²) in [6.07, 6.45) is 0. The highest BCUT2D eigenvalue weighted by atomic mass is 29.3. The molecule has 0 atom stereocenters. The molecule has 0 bridgehead atoms. The Hall–Kier alpha value is -1.53. The van der Waals surface area contributed by atoms with Gasteiger partial charge in [0, 0.05) is 11.4 Å². The second-order valence-electron chi connectivity index (χ2n) is 11.7. The van der Waals surface area contributed by atoms with Crippen LogP contribution in [0.5, 0.6) is 0 Å². The van der Waals surface area contributed by atoms with Crippen molar-refractivity contribution in [1.29, 1.82) is 0 Å². The summed E-state index contributed by atoms with van der Waals surface area (Å²) in [4.78, 5) is 8.43. The summed E-state index contributed by atoms with van der Waals surface area (Å²) in [6, 6.07) is 13.7. The average Bonchev–Trinajstić information content (AvgIpc) is 2.66. The van der Waals surface area contributed by atoms with Crippen molar-refractivity contribution in [2.24, 2.45) is 0 Å². The average molecular weight is 469 g/mol. The largest absolute Gasteiger partial charge is 0.411 e. The normalized spacial score (nSPS) is 12.9. The molecule has 0 aliphatic rings. The van der Waals surface area contributed by atoms with Crippen molar-refractivity contribution in [3.05, 3.63) is 58.7 Å². The van der Waals surface area contributed by atoms with Gasteiger partial charge in [0.1, 0.15) is 0 Å². The Kier molecular flexibility index (Phi) is 8.49. The van der Waals surface area contributed by atoms with Gasteiger partial charge in [0.25, 0.3) is 0 Å². The van der Waals surface area contributed by atoms with Gasteiger partial charge >= 0.3 is 0 Å². The van der Waals surface area contributed by atoms with E-state index in [2.05, 4.69) is 128 Å². The minimum Gasteiger partial charge on any atom is -0.411 e. The van der Waals surface area contributed by atoms with Gasteiger partial charge in [-0.1, -0.05) is 118 Å². The van der Waals surface area contributed by atoms with Gasteiger partial charge in [0.2, 0.25) is 0 Å². The van der Waals surface area contributed by atoms with Gasteiger partial charge in [-0.2, -0.15) is 0 Å². The fourth-order valence-electron chi connectivity index (χ4n) is 4.33. The molecule has 0 amide bonds. The van der Waals surface area contributed by atoms with E-state index in [4.69, 9.17) is 0 Å². The summed E-state index contributed by atoms with van der Waals surface area (Å²) in [5.74, 6) is 2.03. The van der Waals surface area contributed by atoms with Crippen LogP contribution < -0.4 is 9.96 Å². The van der Waals surface area contributed by atoms with Crippen LogP contribution in [0.15, 0.2) is 36.4 Å². The molecule has 0 heterocycles. The van der Waals surface area contributed by atoms with Gasteiger partial charge in [0.15, 0.2) is 15.5 Å². The molecular formula is C28H48N2Si2. The highest BCUT2D eigenvalue weighted by molar-refractivity contribution is 7.42. The number of benzene rings is 2. The molecule has 0 spiro atoms. The molecule has 2 rings (SSSR count). The third-order valence-corrected chi connectivity index (χ3v) is 22.2. The Morgan fingerprint density at radius 2 is 0.688 bits per heavy atom. The van der Waals surface area contributed by atoms with Crippen LogP contribution in [-0.4, -0.2) is 15.5 Å². The number of anilines is 2. The zero-order chi connectivity index (χ0) is 24.4. The molecule has 2 aromatic rings. The lowest BCUT2D eigenvalue weighted by atomic mass is 9.93. The maximum Gasteiger partial charge on any atom is 0.159 e. The van der Waals surface area contributed by atoms with Gasteiger partial charge in [-0.15, -0.1) is 0 Å². The molecule has 2 nitrogen and oxygen atoms in total. The zero-order valence-electron chi connectivity index (χ0n) is 22.8. The lowest BCUT2D eigenvalue weighted by molar-refractivity contribution is 0.838. The fraction of sp³-hybridized carbons (Fsp3) is 0.571.